The zero-order valence-electron chi connectivity index (χ0n) is 12.2. The Kier molecular flexibility index (Phi) is 4.10. The van der Waals surface area contributed by atoms with Gasteiger partial charge in [0.2, 0.25) is 0 Å². The van der Waals surface area contributed by atoms with Crippen molar-refractivity contribution in [2.24, 2.45) is 0 Å². The summed E-state index contributed by atoms with van der Waals surface area (Å²) in [6, 6.07) is 5.90. The molecule has 2 heterocycles. The minimum atomic E-state index is -3.39. The molecule has 124 valence electrons. The van der Waals surface area contributed by atoms with E-state index < -0.39 is 21.5 Å². The highest BCUT2D eigenvalue weighted by Gasteiger charge is 2.18. The van der Waals surface area contributed by atoms with E-state index in [0.717, 1.165) is 18.4 Å². The first-order chi connectivity index (χ1) is 11.3. The lowest BCUT2D eigenvalue weighted by molar-refractivity contribution is 0.585. The fourth-order valence-electron chi connectivity index (χ4n) is 2.16. The zero-order chi connectivity index (χ0) is 17.5. The predicted octanol–water partition coefficient (Wildman–Crippen LogP) is 3.27. The molecule has 0 aliphatic heterocycles. The van der Waals surface area contributed by atoms with Crippen molar-refractivity contribution < 1.29 is 17.2 Å². The topological polar surface area (TPSA) is 64.8 Å². The first kappa shape index (κ1) is 16.5. The van der Waals surface area contributed by atoms with Crippen LogP contribution < -0.4 is 0 Å². The SMILES string of the molecule is CS(=O)(=O)c1ccc(-n2cnc(Cl)c2-c2ccc(F)cc2F)nc1. The van der Waals surface area contributed by atoms with Gasteiger partial charge in [-0.15, -0.1) is 0 Å². The van der Waals surface area contributed by atoms with Crippen LogP contribution in [0, 0.1) is 11.6 Å². The average molecular weight is 370 g/mol. The van der Waals surface area contributed by atoms with Crippen LogP contribution in [0.4, 0.5) is 8.78 Å². The Morgan fingerprint density at radius 3 is 2.46 bits per heavy atom. The average Bonchev–Trinajstić information content (AvgIpc) is 2.88. The molecule has 0 fully saturated rings. The number of aromatic nitrogens is 3. The molecule has 0 radical (unpaired) electrons. The molecule has 1 aromatic carbocycles. The molecule has 0 N–H and O–H groups in total. The van der Waals surface area contributed by atoms with Gasteiger partial charge in [-0.1, -0.05) is 11.6 Å². The van der Waals surface area contributed by atoms with E-state index in [-0.39, 0.29) is 21.3 Å². The normalized spacial score (nSPS) is 11.7. The summed E-state index contributed by atoms with van der Waals surface area (Å²) >= 11 is 6.03. The first-order valence-electron chi connectivity index (χ1n) is 6.62. The van der Waals surface area contributed by atoms with E-state index in [1.165, 1.54) is 35.3 Å². The number of hydrogen-bond acceptors (Lipinski definition) is 4. The second-order valence-corrected chi connectivity index (χ2v) is 7.38. The Morgan fingerprint density at radius 2 is 1.88 bits per heavy atom. The quantitative estimate of drug-likeness (QED) is 0.710. The number of pyridine rings is 1. The Hall–Kier alpha value is -2.32. The number of sulfone groups is 1. The van der Waals surface area contributed by atoms with Gasteiger partial charge in [0, 0.05) is 24.1 Å². The maximum absolute atomic E-state index is 14.1. The Balaban J connectivity index is 2.14. The Bertz CT molecular complexity index is 1020. The van der Waals surface area contributed by atoms with Crippen LogP contribution in [0.25, 0.3) is 17.1 Å². The lowest BCUT2D eigenvalue weighted by Gasteiger charge is -2.09. The molecule has 3 rings (SSSR count). The Labute approximate surface area is 141 Å². The van der Waals surface area contributed by atoms with E-state index >= 15 is 0 Å². The minimum absolute atomic E-state index is 0.00879. The number of imidazole rings is 1. The first-order valence-corrected chi connectivity index (χ1v) is 8.89. The molecule has 0 aliphatic carbocycles. The molecule has 0 aliphatic rings. The molecule has 5 nitrogen and oxygen atoms in total. The van der Waals surface area contributed by atoms with Crippen molar-refractivity contribution in [2.75, 3.05) is 6.26 Å². The van der Waals surface area contributed by atoms with Crippen LogP contribution in [0.1, 0.15) is 0 Å². The second kappa shape index (κ2) is 5.95. The van der Waals surface area contributed by atoms with E-state index in [9.17, 15) is 17.2 Å². The van der Waals surface area contributed by atoms with Gasteiger partial charge in [0.15, 0.2) is 15.0 Å². The summed E-state index contributed by atoms with van der Waals surface area (Å²) in [5, 5.41) is 0.00879. The minimum Gasteiger partial charge on any atom is -0.281 e. The molecule has 3 aromatic rings. The van der Waals surface area contributed by atoms with Crippen molar-refractivity contribution >= 4 is 21.4 Å². The van der Waals surface area contributed by atoms with Crippen molar-refractivity contribution in [1.29, 1.82) is 0 Å². The summed E-state index contributed by atoms with van der Waals surface area (Å²) in [7, 11) is -3.39. The van der Waals surface area contributed by atoms with Crippen LogP contribution in [0.3, 0.4) is 0 Å². The predicted molar refractivity (Wildman–Crippen MR) is 84.8 cm³/mol. The van der Waals surface area contributed by atoms with E-state index in [1.807, 2.05) is 0 Å². The highest BCUT2D eigenvalue weighted by atomic mass is 35.5. The molecule has 0 saturated heterocycles. The summed E-state index contributed by atoms with van der Waals surface area (Å²) in [5.41, 5.74) is 0.238. The second-order valence-electron chi connectivity index (χ2n) is 5.00. The molecular weight excluding hydrogens is 360 g/mol. The number of halogens is 3. The van der Waals surface area contributed by atoms with E-state index in [2.05, 4.69) is 9.97 Å². The molecule has 24 heavy (non-hydrogen) atoms. The number of hydrogen-bond donors (Lipinski definition) is 0. The van der Waals surface area contributed by atoms with Gasteiger partial charge in [-0.2, -0.15) is 0 Å². The van der Waals surface area contributed by atoms with Gasteiger partial charge in [0.25, 0.3) is 0 Å². The maximum atomic E-state index is 14.1. The molecule has 2 aromatic heterocycles. The van der Waals surface area contributed by atoms with Crippen molar-refractivity contribution in [3.63, 3.8) is 0 Å². The van der Waals surface area contributed by atoms with Crippen LogP contribution in [0.15, 0.2) is 47.8 Å². The summed E-state index contributed by atoms with van der Waals surface area (Å²) in [6.07, 6.45) is 3.57. The van der Waals surface area contributed by atoms with Crippen molar-refractivity contribution in [3.05, 3.63) is 59.6 Å². The van der Waals surface area contributed by atoms with Crippen LogP contribution in [-0.2, 0) is 9.84 Å². The molecule has 0 atom stereocenters. The molecule has 0 amide bonds. The van der Waals surface area contributed by atoms with Gasteiger partial charge in [-0.25, -0.2) is 27.2 Å². The lowest BCUT2D eigenvalue weighted by Crippen LogP contribution is -2.03. The third kappa shape index (κ3) is 3.02. The van der Waals surface area contributed by atoms with Crippen molar-refractivity contribution in [3.8, 4) is 17.1 Å². The monoisotopic (exact) mass is 369 g/mol. The van der Waals surface area contributed by atoms with E-state index in [4.69, 9.17) is 11.6 Å². The zero-order valence-corrected chi connectivity index (χ0v) is 13.8. The third-order valence-corrected chi connectivity index (χ3v) is 4.68. The Morgan fingerprint density at radius 1 is 1.12 bits per heavy atom. The number of nitrogens with zero attached hydrogens (tertiary/aromatic N) is 3. The summed E-state index contributed by atoms with van der Waals surface area (Å²) < 4.78 is 51.5. The summed E-state index contributed by atoms with van der Waals surface area (Å²) in [5.74, 6) is -1.22. The van der Waals surface area contributed by atoms with Crippen LogP contribution in [0.2, 0.25) is 5.15 Å². The smallest absolute Gasteiger partial charge is 0.177 e. The van der Waals surface area contributed by atoms with Gasteiger partial charge in [0.05, 0.1) is 10.6 Å². The standard InChI is InChI=1S/C15H10ClF2N3O2S/c1-24(22,23)10-3-5-13(19-7-10)21-8-20-15(16)14(21)11-4-2-9(17)6-12(11)18/h2-8H,1H3. The van der Waals surface area contributed by atoms with Crippen molar-refractivity contribution in [2.45, 2.75) is 4.90 Å². The van der Waals surface area contributed by atoms with E-state index in [0.29, 0.717) is 5.82 Å². The number of benzene rings is 1. The fraction of sp³-hybridized carbons (Fsp3) is 0.0667. The maximum Gasteiger partial charge on any atom is 0.177 e. The van der Waals surface area contributed by atoms with Gasteiger partial charge in [-0.3, -0.25) is 4.57 Å². The molecule has 9 heteroatoms. The molecule has 0 spiro atoms. The van der Waals surface area contributed by atoms with Crippen LogP contribution in [0.5, 0.6) is 0 Å². The molecule has 0 saturated carbocycles. The highest BCUT2D eigenvalue weighted by Crippen LogP contribution is 2.31. The highest BCUT2D eigenvalue weighted by molar-refractivity contribution is 7.90. The molecular formula is C15H10ClF2N3O2S. The number of rotatable bonds is 3. The van der Waals surface area contributed by atoms with Gasteiger partial charge in [0.1, 0.15) is 23.8 Å². The molecule has 0 bridgehead atoms. The largest absolute Gasteiger partial charge is 0.281 e. The van der Waals surface area contributed by atoms with E-state index in [1.54, 1.807) is 0 Å². The lowest BCUT2D eigenvalue weighted by atomic mass is 10.1. The van der Waals surface area contributed by atoms with Crippen molar-refractivity contribution in [1.82, 2.24) is 14.5 Å². The van der Waals surface area contributed by atoms with Crippen LogP contribution >= 0.6 is 11.6 Å². The van der Waals surface area contributed by atoms with Gasteiger partial charge in [-0.05, 0) is 24.3 Å². The third-order valence-electron chi connectivity index (χ3n) is 3.30. The summed E-state index contributed by atoms with van der Waals surface area (Å²) in [4.78, 5) is 8.01. The van der Waals surface area contributed by atoms with Gasteiger partial charge < -0.3 is 0 Å². The fourth-order valence-corrected chi connectivity index (χ4v) is 2.95. The summed E-state index contributed by atoms with van der Waals surface area (Å²) in [6.45, 7) is 0. The molecule has 0 unspecified atom stereocenters. The van der Waals surface area contributed by atoms with Crippen LogP contribution in [-0.4, -0.2) is 29.2 Å². The van der Waals surface area contributed by atoms with Gasteiger partial charge >= 0.3 is 0 Å².